The minimum Gasteiger partial charge on any atom is -0.460 e. The molecule has 0 amide bonds. The molecular formula is C40H72O5. The number of carbonyl (C=O) groups is 1. The summed E-state index contributed by atoms with van der Waals surface area (Å²) in [4.78, 5) is 11.8. The van der Waals surface area contributed by atoms with Gasteiger partial charge >= 0.3 is 5.97 Å². The molecule has 2 aliphatic heterocycles. The molecule has 2 heterocycles. The zero-order valence-corrected chi connectivity index (χ0v) is 30.0. The highest BCUT2D eigenvalue weighted by Crippen LogP contribution is 2.33. The number of cyclic esters (lactones) is 1. The van der Waals surface area contributed by atoms with Crippen molar-refractivity contribution in [2.24, 2.45) is 5.92 Å². The van der Waals surface area contributed by atoms with Crippen LogP contribution in [0.3, 0.4) is 0 Å². The van der Waals surface area contributed by atoms with Crippen molar-refractivity contribution in [1.29, 1.82) is 0 Å². The molecule has 0 aromatic heterocycles. The van der Waals surface area contributed by atoms with E-state index in [1.807, 2.05) is 0 Å². The number of allylic oxidation sites excluding steroid dienone is 4. The van der Waals surface area contributed by atoms with Gasteiger partial charge in [-0.3, -0.25) is 4.79 Å². The summed E-state index contributed by atoms with van der Waals surface area (Å²) < 4.78 is 17.7. The summed E-state index contributed by atoms with van der Waals surface area (Å²) in [7, 11) is 0. The number of aliphatic hydroxyl groups excluding tert-OH is 1. The van der Waals surface area contributed by atoms with Crippen molar-refractivity contribution in [3.63, 3.8) is 0 Å². The Bertz CT molecular complexity index is 790. The first-order valence-electron chi connectivity index (χ1n) is 19.4. The van der Waals surface area contributed by atoms with E-state index >= 15 is 0 Å². The monoisotopic (exact) mass is 633 g/mol. The number of hydrogen-bond acceptors (Lipinski definition) is 5. The molecule has 0 aromatic rings. The Morgan fingerprint density at radius 1 is 0.600 bits per heavy atom. The number of esters is 1. The van der Waals surface area contributed by atoms with Crippen LogP contribution in [0.15, 0.2) is 24.3 Å². The Balaban J connectivity index is 1.41. The van der Waals surface area contributed by atoms with E-state index in [1.54, 1.807) is 6.92 Å². The zero-order chi connectivity index (χ0) is 32.6. The molecule has 2 saturated heterocycles. The lowest BCUT2D eigenvalue weighted by atomic mass is 9.95. The van der Waals surface area contributed by atoms with Crippen molar-refractivity contribution in [3.05, 3.63) is 24.3 Å². The van der Waals surface area contributed by atoms with Crippen molar-refractivity contribution in [3.8, 4) is 0 Å². The highest BCUT2D eigenvalue weighted by Gasteiger charge is 2.41. The third-order valence-corrected chi connectivity index (χ3v) is 9.71. The third kappa shape index (κ3) is 18.7. The Morgan fingerprint density at radius 3 is 1.58 bits per heavy atom. The average Bonchev–Trinajstić information content (AvgIpc) is 3.44. The van der Waals surface area contributed by atoms with Gasteiger partial charge in [-0.2, -0.15) is 0 Å². The second kappa shape index (κ2) is 24.9. The van der Waals surface area contributed by atoms with Gasteiger partial charge < -0.3 is 19.3 Å². The van der Waals surface area contributed by atoms with Crippen LogP contribution < -0.4 is 0 Å². The van der Waals surface area contributed by atoms with Crippen molar-refractivity contribution in [1.82, 2.24) is 0 Å². The maximum atomic E-state index is 11.8. The average molecular weight is 633 g/mol. The van der Waals surface area contributed by atoms with E-state index in [0.29, 0.717) is 0 Å². The quantitative estimate of drug-likeness (QED) is 0.0528. The molecule has 0 spiro atoms. The van der Waals surface area contributed by atoms with E-state index in [0.717, 1.165) is 51.4 Å². The summed E-state index contributed by atoms with van der Waals surface area (Å²) in [6, 6.07) is 0. The Labute approximate surface area is 278 Å². The summed E-state index contributed by atoms with van der Waals surface area (Å²) in [6.07, 6.45) is 39.9. The van der Waals surface area contributed by atoms with Crippen LogP contribution >= 0.6 is 0 Å². The number of aliphatic hydroxyl groups is 1. The topological polar surface area (TPSA) is 65.0 Å². The van der Waals surface area contributed by atoms with Crippen LogP contribution in [0, 0.1) is 5.92 Å². The summed E-state index contributed by atoms with van der Waals surface area (Å²) in [5.41, 5.74) is 0. The molecular weight excluding hydrogens is 560 g/mol. The molecule has 5 heteroatoms. The zero-order valence-electron chi connectivity index (χ0n) is 30.0. The molecule has 0 bridgehead atoms. The maximum Gasteiger partial charge on any atom is 0.312 e. The molecule has 262 valence electrons. The predicted octanol–water partition coefficient (Wildman–Crippen LogP) is 11.3. The molecule has 2 aliphatic rings. The fourth-order valence-electron chi connectivity index (χ4n) is 6.94. The normalized spacial score (nSPS) is 24.8. The van der Waals surface area contributed by atoms with Gasteiger partial charge in [-0.15, -0.1) is 0 Å². The summed E-state index contributed by atoms with van der Waals surface area (Å²) in [5.74, 6) is -1.01. The number of carbonyl (C=O) groups excluding carboxylic acids is 1. The second-order valence-electron chi connectivity index (χ2n) is 14.4. The Kier molecular flexibility index (Phi) is 22.2. The fraction of sp³-hybridized carbons (Fsp3) is 0.875. The van der Waals surface area contributed by atoms with Gasteiger partial charge in [0.15, 0.2) is 5.79 Å². The van der Waals surface area contributed by atoms with E-state index in [4.69, 9.17) is 14.2 Å². The summed E-state index contributed by atoms with van der Waals surface area (Å²) in [5, 5.41) is 10.1. The van der Waals surface area contributed by atoms with Gasteiger partial charge in [-0.1, -0.05) is 140 Å². The number of rotatable bonds is 28. The largest absolute Gasteiger partial charge is 0.460 e. The van der Waals surface area contributed by atoms with Crippen LogP contribution in [0.4, 0.5) is 0 Å². The smallest absolute Gasteiger partial charge is 0.312 e. The molecule has 2 rings (SSSR count). The van der Waals surface area contributed by atoms with Gasteiger partial charge in [-0.25, -0.2) is 0 Å². The van der Waals surface area contributed by atoms with Crippen LogP contribution in [0.5, 0.6) is 0 Å². The molecule has 5 atom stereocenters. The number of hydrogen-bond donors (Lipinski definition) is 1. The maximum absolute atomic E-state index is 11.8. The molecule has 0 radical (unpaired) electrons. The van der Waals surface area contributed by atoms with Crippen LogP contribution in [-0.2, 0) is 19.0 Å². The molecule has 45 heavy (non-hydrogen) atoms. The van der Waals surface area contributed by atoms with E-state index < -0.39 is 11.9 Å². The number of ether oxygens (including phenoxy) is 3. The van der Waals surface area contributed by atoms with Crippen molar-refractivity contribution < 1.29 is 24.1 Å². The summed E-state index contributed by atoms with van der Waals surface area (Å²) in [6.45, 7) is 8.16. The van der Waals surface area contributed by atoms with Crippen LogP contribution in [0.2, 0.25) is 0 Å². The van der Waals surface area contributed by atoms with Gasteiger partial charge in [0.25, 0.3) is 0 Å². The van der Waals surface area contributed by atoms with Crippen LogP contribution in [0.25, 0.3) is 0 Å². The minimum atomic E-state index is -0.630. The van der Waals surface area contributed by atoms with Crippen molar-refractivity contribution >= 4 is 5.97 Å². The van der Waals surface area contributed by atoms with Gasteiger partial charge in [0.1, 0.15) is 12.2 Å². The van der Waals surface area contributed by atoms with Crippen molar-refractivity contribution in [2.75, 3.05) is 0 Å². The molecule has 0 saturated carbocycles. The molecule has 5 nitrogen and oxygen atoms in total. The van der Waals surface area contributed by atoms with Gasteiger partial charge in [0.05, 0.1) is 18.1 Å². The van der Waals surface area contributed by atoms with E-state index in [1.165, 1.54) is 109 Å². The SMILES string of the molecule is CCCCCCCCCCCC/C=C\CC/C=C\CC[C@@H]1OC(C)(C)O[C@H]1CCCCCCCCCC[C@H]1C(=O)O[C@H](C)[C@@H]1O. The lowest BCUT2D eigenvalue weighted by molar-refractivity contribution is -0.147. The Morgan fingerprint density at radius 2 is 1.04 bits per heavy atom. The molecule has 0 aromatic carbocycles. The molecule has 0 aliphatic carbocycles. The second-order valence-corrected chi connectivity index (χ2v) is 14.4. The van der Waals surface area contributed by atoms with E-state index in [9.17, 15) is 9.90 Å². The molecule has 2 fully saturated rings. The lowest BCUT2D eigenvalue weighted by Crippen LogP contribution is -2.24. The standard InChI is InChI=1S/C40H72O5/c1-5-6-7-8-9-10-11-12-13-14-15-16-17-18-19-23-26-29-32-36-37(45-40(3,4)44-36)33-30-27-24-21-20-22-25-28-31-35-38(41)34(2)43-39(35)42/h16-17,23,26,34-38,41H,5-15,18-22,24-25,27-33H2,1-4H3/b17-16-,26-23-/t34-,35-,36+,37+,38+/m1/s1. The van der Waals surface area contributed by atoms with E-state index in [2.05, 4.69) is 45.1 Å². The summed E-state index contributed by atoms with van der Waals surface area (Å²) >= 11 is 0. The van der Waals surface area contributed by atoms with Crippen molar-refractivity contribution in [2.45, 2.75) is 218 Å². The van der Waals surface area contributed by atoms with Crippen LogP contribution in [-0.4, -0.2) is 41.3 Å². The Hall–Kier alpha value is -1.17. The van der Waals surface area contributed by atoms with Gasteiger partial charge in [0, 0.05) is 0 Å². The first kappa shape index (κ1) is 40.0. The van der Waals surface area contributed by atoms with E-state index in [-0.39, 0.29) is 30.2 Å². The fourth-order valence-corrected chi connectivity index (χ4v) is 6.94. The molecule has 0 unspecified atom stereocenters. The van der Waals surface area contributed by atoms with Crippen LogP contribution in [0.1, 0.15) is 188 Å². The predicted molar refractivity (Wildman–Crippen MR) is 188 cm³/mol. The number of unbranched alkanes of at least 4 members (excludes halogenated alkanes) is 18. The third-order valence-electron chi connectivity index (χ3n) is 9.71. The minimum absolute atomic E-state index is 0.198. The highest BCUT2D eigenvalue weighted by molar-refractivity contribution is 5.75. The van der Waals surface area contributed by atoms with Gasteiger partial charge in [-0.05, 0) is 72.1 Å². The lowest BCUT2D eigenvalue weighted by Gasteiger charge is -2.16. The first-order chi connectivity index (χ1) is 21.8. The van der Waals surface area contributed by atoms with Gasteiger partial charge in [0.2, 0.25) is 0 Å². The highest BCUT2D eigenvalue weighted by atomic mass is 16.7. The first-order valence-corrected chi connectivity index (χ1v) is 19.4. The molecule has 1 N–H and O–H groups in total.